The number of carbonyl (C=O) groups is 1. The first-order chi connectivity index (χ1) is 14.7. The van der Waals surface area contributed by atoms with Gasteiger partial charge in [-0.3, -0.25) is 4.55 Å². The maximum Gasteiger partial charge on any atom is 0.410 e. The van der Waals surface area contributed by atoms with Crippen molar-refractivity contribution in [3.63, 3.8) is 0 Å². The zero-order valence-electron chi connectivity index (χ0n) is 17.7. The number of benzene rings is 1. The number of nitrogens with zero attached hydrogens (tertiary/aromatic N) is 3. The zero-order valence-corrected chi connectivity index (χ0v) is 20.8. The first-order valence-electron chi connectivity index (χ1n) is 9.47. The van der Waals surface area contributed by atoms with Gasteiger partial charge < -0.3 is 14.4 Å². The molecule has 0 bridgehead atoms. The number of hydrogen-bond acceptors (Lipinski definition) is 6. The van der Waals surface area contributed by atoms with Gasteiger partial charge in [0.1, 0.15) is 11.3 Å². The molecule has 1 N–H and O–H groups in total. The van der Waals surface area contributed by atoms with E-state index in [9.17, 15) is 17.8 Å². The maximum atomic E-state index is 12.2. The molecule has 32 heavy (non-hydrogen) atoms. The fraction of sp³-hybridized carbons (Fsp3) is 0.474. The van der Waals surface area contributed by atoms with Gasteiger partial charge in [0.2, 0.25) is 5.88 Å². The third kappa shape index (κ3) is 5.43. The number of fused-ring (bicyclic) bond motifs is 1. The second-order valence-electron chi connectivity index (χ2n) is 8.42. The number of carbonyl (C=O) groups excluding carboxylic acids is 1. The van der Waals surface area contributed by atoms with E-state index in [-0.39, 0.29) is 57.8 Å². The van der Waals surface area contributed by atoms with Gasteiger partial charge in [-0.05, 0) is 32.9 Å². The molecule has 9 nitrogen and oxygen atoms in total. The van der Waals surface area contributed by atoms with Crippen LogP contribution >= 0.6 is 34.8 Å². The van der Waals surface area contributed by atoms with E-state index in [0.717, 1.165) is 0 Å². The smallest absolute Gasteiger partial charge is 0.410 e. The Morgan fingerprint density at radius 1 is 1.31 bits per heavy atom. The van der Waals surface area contributed by atoms with Gasteiger partial charge in [0.05, 0.1) is 23.2 Å². The van der Waals surface area contributed by atoms with Crippen molar-refractivity contribution in [1.82, 2.24) is 14.7 Å². The molecule has 1 aliphatic rings. The van der Waals surface area contributed by atoms with Gasteiger partial charge in [-0.15, -0.1) is 0 Å². The molecule has 2 heterocycles. The first kappa shape index (κ1) is 24.9. The van der Waals surface area contributed by atoms with Crippen molar-refractivity contribution >= 4 is 51.0 Å². The summed E-state index contributed by atoms with van der Waals surface area (Å²) in [5.74, 6) is -0.362. The Labute approximate surface area is 200 Å². The van der Waals surface area contributed by atoms with E-state index in [1.54, 1.807) is 27.8 Å². The monoisotopic (exact) mass is 525 g/mol. The molecule has 2 aromatic rings. The quantitative estimate of drug-likeness (QED) is 0.578. The number of amides is 1. The minimum Gasteiger partial charge on any atom is -0.476 e. The third-order valence-corrected chi connectivity index (χ3v) is 6.19. The Bertz CT molecular complexity index is 1140. The fourth-order valence-electron chi connectivity index (χ4n) is 3.26. The fourth-order valence-corrected chi connectivity index (χ4v) is 5.03. The molecule has 1 aromatic carbocycles. The van der Waals surface area contributed by atoms with Crippen molar-refractivity contribution in [2.24, 2.45) is 5.92 Å². The Morgan fingerprint density at radius 3 is 2.44 bits per heavy atom. The molecule has 13 heteroatoms. The van der Waals surface area contributed by atoms with Gasteiger partial charge in [-0.25, -0.2) is 9.48 Å². The summed E-state index contributed by atoms with van der Waals surface area (Å²) in [7, 11) is -3.15. The number of halogens is 3. The first-order valence-corrected chi connectivity index (χ1v) is 12.0. The Kier molecular flexibility index (Phi) is 6.93. The summed E-state index contributed by atoms with van der Waals surface area (Å²) >= 11 is 18.4. The Morgan fingerprint density at radius 2 is 1.91 bits per heavy atom. The van der Waals surface area contributed by atoms with Crippen LogP contribution in [0, 0.1) is 5.92 Å². The third-order valence-electron chi connectivity index (χ3n) is 4.49. The topological polar surface area (TPSA) is 111 Å². The number of rotatable bonds is 4. The lowest BCUT2D eigenvalue weighted by molar-refractivity contribution is 0.0232. The normalized spacial score (nSPS) is 16.3. The second kappa shape index (κ2) is 8.90. The zero-order chi connectivity index (χ0) is 24.0. The van der Waals surface area contributed by atoms with Crippen molar-refractivity contribution in [3.05, 3.63) is 27.2 Å². The van der Waals surface area contributed by atoms with E-state index in [1.165, 1.54) is 21.7 Å². The molecule has 0 spiro atoms. The summed E-state index contributed by atoms with van der Waals surface area (Å²) < 4.78 is 46.5. The summed E-state index contributed by atoms with van der Waals surface area (Å²) in [4.78, 5) is 13.1. The summed E-state index contributed by atoms with van der Waals surface area (Å²) in [5.41, 5.74) is -0.700. The standard InChI is InChI=1S/C19H22Cl3N3O6S/c1-19(2,3)31-18(26)24(4)7-10-8-25-17(30-9-10)16(32(27,28)29)15(23-25)14-12(21)5-11(20)6-13(14)22/h5-6,10H,7-9H2,1-4H3,(H,27,28,29). The molecular formula is C19H22Cl3N3O6S. The van der Waals surface area contributed by atoms with Crippen LogP contribution in [-0.2, 0) is 21.4 Å². The average molecular weight is 527 g/mol. The van der Waals surface area contributed by atoms with Gasteiger partial charge in [0.25, 0.3) is 0 Å². The molecule has 0 radical (unpaired) electrons. The van der Waals surface area contributed by atoms with Crippen LogP contribution in [0.25, 0.3) is 11.3 Å². The van der Waals surface area contributed by atoms with Crippen LogP contribution in [0.3, 0.4) is 0 Å². The maximum absolute atomic E-state index is 12.2. The van der Waals surface area contributed by atoms with Gasteiger partial charge in [-0.1, -0.05) is 34.8 Å². The van der Waals surface area contributed by atoms with Gasteiger partial charge in [0.15, 0.2) is 4.90 Å². The lowest BCUT2D eigenvalue weighted by Crippen LogP contribution is -2.40. The molecule has 0 fully saturated rings. The van der Waals surface area contributed by atoms with Crippen LogP contribution in [0.1, 0.15) is 20.8 Å². The molecule has 3 rings (SSSR count). The average Bonchev–Trinajstić information content (AvgIpc) is 2.97. The number of hydrogen-bond donors (Lipinski definition) is 1. The molecule has 1 atom stereocenters. The Hall–Kier alpha value is -1.72. The lowest BCUT2D eigenvalue weighted by Gasteiger charge is -2.29. The van der Waals surface area contributed by atoms with E-state index in [4.69, 9.17) is 44.3 Å². The molecule has 1 aliphatic heterocycles. The van der Waals surface area contributed by atoms with Crippen molar-refractivity contribution in [1.29, 1.82) is 0 Å². The van der Waals surface area contributed by atoms with Crippen LogP contribution in [0.15, 0.2) is 17.0 Å². The summed E-state index contributed by atoms with van der Waals surface area (Å²) in [6.45, 7) is 5.88. The summed E-state index contributed by atoms with van der Waals surface area (Å²) in [6, 6.07) is 2.77. The Balaban J connectivity index is 1.94. The molecule has 1 amide bonds. The van der Waals surface area contributed by atoms with Gasteiger partial charge in [-0.2, -0.15) is 13.5 Å². The van der Waals surface area contributed by atoms with Crippen molar-refractivity contribution in [2.45, 2.75) is 37.8 Å². The van der Waals surface area contributed by atoms with Crippen LogP contribution in [0.2, 0.25) is 15.1 Å². The van der Waals surface area contributed by atoms with Gasteiger partial charge >= 0.3 is 16.2 Å². The predicted octanol–water partition coefficient (Wildman–Crippen LogP) is 4.63. The predicted molar refractivity (Wildman–Crippen MR) is 120 cm³/mol. The highest BCUT2D eigenvalue weighted by molar-refractivity contribution is 7.86. The molecule has 176 valence electrons. The van der Waals surface area contributed by atoms with E-state index in [1.807, 2.05) is 0 Å². The number of aromatic nitrogens is 2. The van der Waals surface area contributed by atoms with E-state index in [0.29, 0.717) is 0 Å². The lowest BCUT2D eigenvalue weighted by atomic mass is 10.1. The molecular weight excluding hydrogens is 505 g/mol. The van der Waals surface area contributed by atoms with Crippen molar-refractivity contribution in [2.75, 3.05) is 20.2 Å². The van der Waals surface area contributed by atoms with Crippen LogP contribution in [0.5, 0.6) is 5.88 Å². The highest BCUT2D eigenvalue weighted by Gasteiger charge is 2.36. The van der Waals surface area contributed by atoms with Gasteiger partial charge in [0, 0.05) is 30.1 Å². The second-order valence-corrected chi connectivity index (χ2v) is 11.0. The van der Waals surface area contributed by atoms with Crippen LogP contribution < -0.4 is 4.74 Å². The van der Waals surface area contributed by atoms with E-state index in [2.05, 4.69) is 5.10 Å². The highest BCUT2D eigenvalue weighted by Crippen LogP contribution is 2.43. The highest BCUT2D eigenvalue weighted by atomic mass is 35.5. The van der Waals surface area contributed by atoms with E-state index < -0.39 is 26.7 Å². The summed E-state index contributed by atoms with van der Waals surface area (Å²) in [5, 5.41) is 4.68. The summed E-state index contributed by atoms with van der Waals surface area (Å²) in [6.07, 6.45) is -0.497. The molecule has 0 aliphatic carbocycles. The van der Waals surface area contributed by atoms with Crippen molar-refractivity contribution < 1.29 is 27.2 Å². The van der Waals surface area contributed by atoms with Crippen LogP contribution in [0.4, 0.5) is 4.79 Å². The minimum atomic E-state index is -4.74. The molecule has 0 saturated heterocycles. The van der Waals surface area contributed by atoms with Crippen molar-refractivity contribution in [3.8, 4) is 17.1 Å². The SMILES string of the molecule is CN(CC1COc2c(S(=O)(=O)O)c(-c3c(Cl)cc(Cl)cc3Cl)nn2C1)C(=O)OC(C)(C)C. The molecule has 0 saturated carbocycles. The molecule has 1 unspecified atom stereocenters. The largest absolute Gasteiger partial charge is 0.476 e. The molecule has 1 aromatic heterocycles. The van der Waals surface area contributed by atoms with Crippen LogP contribution in [-0.4, -0.2) is 59.5 Å². The minimum absolute atomic E-state index is 0.0593. The van der Waals surface area contributed by atoms with E-state index >= 15 is 0 Å². The number of ether oxygens (including phenoxy) is 2.